The van der Waals surface area contributed by atoms with Gasteiger partial charge in [0.05, 0.1) is 18.9 Å². The number of hydrazone groups is 1. The van der Waals surface area contributed by atoms with Gasteiger partial charge < -0.3 is 15.0 Å². The molecule has 158 valence electrons. The van der Waals surface area contributed by atoms with E-state index in [-0.39, 0.29) is 6.04 Å². The summed E-state index contributed by atoms with van der Waals surface area (Å²) in [7, 11) is 5.77. The van der Waals surface area contributed by atoms with E-state index in [2.05, 4.69) is 46.6 Å². The highest BCUT2D eigenvalue weighted by atomic mass is 32.1. The van der Waals surface area contributed by atoms with Gasteiger partial charge in [0, 0.05) is 31.9 Å². The van der Waals surface area contributed by atoms with E-state index in [4.69, 9.17) is 22.1 Å². The average molecular weight is 431 g/mol. The molecule has 1 heterocycles. The van der Waals surface area contributed by atoms with Crippen LogP contribution < -0.4 is 15.0 Å². The minimum atomic E-state index is -0.0168. The van der Waals surface area contributed by atoms with Crippen LogP contribution in [0.2, 0.25) is 0 Å². The van der Waals surface area contributed by atoms with Gasteiger partial charge in [0.25, 0.3) is 0 Å². The van der Waals surface area contributed by atoms with Crippen LogP contribution in [0.4, 0.5) is 11.4 Å². The topological polar surface area (TPSA) is 40.1 Å². The van der Waals surface area contributed by atoms with Crippen molar-refractivity contribution in [2.45, 2.75) is 12.5 Å². The van der Waals surface area contributed by atoms with Crippen LogP contribution in [0.1, 0.15) is 23.6 Å². The molecule has 4 rings (SSSR count). The first kappa shape index (κ1) is 20.9. The van der Waals surface area contributed by atoms with Gasteiger partial charge in [-0.2, -0.15) is 5.10 Å². The number of nitrogens with zero attached hydrogens (tertiary/aromatic N) is 3. The lowest BCUT2D eigenvalue weighted by Crippen LogP contribution is -2.31. The summed E-state index contributed by atoms with van der Waals surface area (Å²) in [5.74, 6) is 0.822. The first-order chi connectivity index (χ1) is 15.0. The first-order valence-electron chi connectivity index (χ1n) is 10.2. The molecule has 3 aromatic carbocycles. The number of methoxy groups -OCH3 is 1. The Morgan fingerprint density at radius 3 is 2.55 bits per heavy atom. The van der Waals surface area contributed by atoms with E-state index < -0.39 is 0 Å². The van der Waals surface area contributed by atoms with Crippen molar-refractivity contribution < 1.29 is 4.74 Å². The maximum Gasteiger partial charge on any atom is 0.194 e. The number of hydrogen-bond acceptors (Lipinski definition) is 4. The van der Waals surface area contributed by atoms with Gasteiger partial charge in [0.2, 0.25) is 0 Å². The smallest absolute Gasteiger partial charge is 0.194 e. The van der Waals surface area contributed by atoms with Gasteiger partial charge in [0.1, 0.15) is 5.75 Å². The molecule has 6 heteroatoms. The quantitative estimate of drug-likeness (QED) is 0.556. The molecule has 31 heavy (non-hydrogen) atoms. The van der Waals surface area contributed by atoms with Crippen LogP contribution in [-0.2, 0) is 0 Å². The second-order valence-electron chi connectivity index (χ2n) is 7.63. The molecule has 5 nitrogen and oxygen atoms in total. The molecule has 1 aliphatic heterocycles. The third kappa shape index (κ3) is 4.70. The molecule has 0 radical (unpaired) electrons. The van der Waals surface area contributed by atoms with Gasteiger partial charge in [-0.1, -0.05) is 42.5 Å². The Hall–Kier alpha value is -3.38. The van der Waals surface area contributed by atoms with E-state index in [0.717, 1.165) is 40.4 Å². The van der Waals surface area contributed by atoms with Gasteiger partial charge in [0.15, 0.2) is 5.11 Å². The van der Waals surface area contributed by atoms with Crippen molar-refractivity contribution >= 4 is 34.4 Å². The monoisotopic (exact) mass is 430 g/mol. The molecule has 0 saturated carbocycles. The van der Waals surface area contributed by atoms with Crippen LogP contribution in [0.5, 0.6) is 5.75 Å². The summed E-state index contributed by atoms with van der Waals surface area (Å²) in [6, 6.07) is 26.5. The van der Waals surface area contributed by atoms with Gasteiger partial charge >= 0.3 is 0 Å². The Bertz CT molecular complexity index is 1100. The van der Waals surface area contributed by atoms with Crippen molar-refractivity contribution in [1.29, 1.82) is 0 Å². The van der Waals surface area contributed by atoms with E-state index in [9.17, 15) is 0 Å². The molecule has 3 aromatic rings. The Morgan fingerprint density at radius 2 is 1.81 bits per heavy atom. The standard InChI is InChI=1S/C25H26N4OS/c1-28(2)21-13-7-9-18(15-21)23-17-24(19-10-8-14-22(16-19)30-3)29(27-23)25(31)26-20-11-5-4-6-12-20/h4-16,24H,17H2,1-3H3,(H,26,31)/t24-/m1/s1. The second-order valence-corrected chi connectivity index (χ2v) is 8.02. The number of thiocarbonyl (C=S) groups is 1. The van der Waals surface area contributed by atoms with Gasteiger partial charge in [-0.05, 0) is 59.7 Å². The zero-order valence-corrected chi connectivity index (χ0v) is 18.8. The molecule has 0 saturated heterocycles. The fraction of sp³-hybridized carbons (Fsp3) is 0.200. The maximum atomic E-state index is 5.77. The zero-order chi connectivity index (χ0) is 21.8. The van der Waals surface area contributed by atoms with Crippen LogP contribution >= 0.6 is 12.2 Å². The second kappa shape index (κ2) is 9.18. The summed E-state index contributed by atoms with van der Waals surface area (Å²) in [5, 5.41) is 10.8. The van der Waals surface area contributed by atoms with E-state index in [0.29, 0.717) is 5.11 Å². The minimum absolute atomic E-state index is 0.0168. The predicted molar refractivity (Wildman–Crippen MR) is 132 cm³/mol. The van der Waals surface area contributed by atoms with Crippen molar-refractivity contribution in [3.63, 3.8) is 0 Å². The third-order valence-corrected chi connectivity index (χ3v) is 5.61. The van der Waals surface area contributed by atoms with Gasteiger partial charge in [-0.15, -0.1) is 0 Å². The molecule has 0 amide bonds. The maximum absolute atomic E-state index is 5.77. The lowest BCUT2D eigenvalue weighted by atomic mass is 9.98. The summed E-state index contributed by atoms with van der Waals surface area (Å²) in [5.41, 5.74) is 5.30. The summed E-state index contributed by atoms with van der Waals surface area (Å²) >= 11 is 5.77. The zero-order valence-electron chi connectivity index (χ0n) is 17.9. The molecule has 0 unspecified atom stereocenters. The normalized spacial score (nSPS) is 15.4. The molecule has 0 aliphatic carbocycles. The average Bonchev–Trinajstić information content (AvgIpc) is 3.26. The van der Waals surface area contributed by atoms with Crippen molar-refractivity contribution in [2.75, 3.05) is 31.4 Å². The lowest BCUT2D eigenvalue weighted by Gasteiger charge is -2.25. The number of para-hydroxylation sites is 1. The number of anilines is 2. The summed E-state index contributed by atoms with van der Waals surface area (Å²) in [4.78, 5) is 2.10. The van der Waals surface area contributed by atoms with Crippen LogP contribution in [-0.4, -0.2) is 37.0 Å². The predicted octanol–water partition coefficient (Wildman–Crippen LogP) is 5.31. The van der Waals surface area contributed by atoms with Gasteiger partial charge in [-0.25, -0.2) is 5.01 Å². The Kier molecular flexibility index (Phi) is 6.18. The fourth-order valence-corrected chi connectivity index (χ4v) is 3.93. The molecule has 1 N–H and O–H groups in total. The largest absolute Gasteiger partial charge is 0.497 e. The third-order valence-electron chi connectivity index (χ3n) is 5.32. The van der Waals surface area contributed by atoms with Crippen molar-refractivity contribution in [3.8, 4) is 5.75 Å². The summed E-state index contributed by atoms with van der Waals surface area (Å²) in [6.45, 7) is 0. The fourth-order valence-electron chi connectivity index (χ4n) is 3.65. The number of rotatable bonds is 5. The number of hydrogen-bond donors (Lipinski definition) is 1. The van der Waals surface area contributed by atoms with Crippen molar-refractivity contribution in [1.82, 2.24) is 5.01 Å². The molecule has 0 fully saturated rings. The summed E-state index contributed by atoms with van der Waals surface area (Å²) < 4.78 is 5.45. The van der Waals surface area contributed by atoms with E-state index in [1.807, 2.05) is 61.6 Å². The Balaban J connectivity index is 1.68. The van der Waals surface area contributed by atoms with E-state index in [1.54, 1.807) is 7.11 Å². The molecule has 0 aromatic heterocycles. The Labute approximate surface area is 189 Å². The number of benzene rings is 3. The molecular weight excluding hydrogens is 404 g/mol. The Morgan fingerprint density at radius 1 is 1.03 bits per heavy atom. The van der Waals surface area contributed by atoms with Crippen molar-refractivity contribution in [2.24, 2.45) is 5.10 Å². The molecule has 1 aliphatic rings. The number of ether oxygens (including phenoxy) is 1. The van der Waals surface area contributed by atoms with E-state index >= 15 is 0 Å². The van der Waals surface area contributed by atoms with Gasteiger partial charge in [-0.3, -0.25) is 0 Å². The van der Waals surface area contributed by atoms with Crippen LogP contribution in [0, 0.1) is 0 Å². The van der Waals surface area contributed by atoms with Crippen LogP contribution in [0.15, 0.2) is 84.0 Å². The highest BCUT2D eigenvalue weighted by Gasteiger charge is 2.32. The first-order valence-corrected chi connectivity index (χ1v) is 10.6. The highest BCUT2D eigenvalue weighted by molar-refractivity contribution is 7.80. The van der Waals surface area contributed by atoms with E-state index in [1.165, 1.54) is 0 Å². The number of nitrogens with one attached hydrogen (secondary N) is 1. The molecular formula is C25H26N4OS. The van der Waals surface area contributed by atoms with Crippen LogP contribution in [0.25, 0.3) is 0 Å². The molecule has 0 bridgehead atoms. The molecule has 0 spiro atoms. The summed E-state index contributed by atoms with van der Waals surface area (Å²) in [6.07, 6.45) is 0.751. The highest BCUT2D eigenvalue weighted by Crippen LogP contribution is 2.35. The molecule has 1 atom stereocenters. The van der Waals surface area contributed by atoms with Crippen LogP contribution in [0.3, 0.4) is 0 Å². The van der Waals surface area contributed by atoms with Crippen molar-refractivity contribution in [3.05, 3.63) is 90.0 Å². The lowest BCUT2D eigenvalue weighted by molar-refractivity contribution is 0.371. The SMILES string of the molecule is COc1cccc([C@H]2CC(c3cccc(N(C)C)c3)=NN2C(=S)Nc2ccccc2)c1. The minimum Gasteiger partial charge on any atom is -0.497 e.